The van der Waals surface area contributed by atoms with Crippen molar-refractivity contribution in [1.82, 2.24) is 10.2 Å². The van der Waals surface area contributed by atoms with Gasteiger partial charge in [0.2, 0.25) is 0 Å². The lowest BCUT2D eigenvalue weighted by Crippen LogP contribution is -2.33. The Labute approximate surface area is 141 Å². The number of benzene rings is 2. The van der Waals surface area contributed by atoms with Crippen LogP contribution in [0.25, 0.3) is 0 Å². The summed E-state index contributed by atoms with van der Waals surface area (Å²) < 4.78 is 28.2. The molecular weight excluding hydrogens is 310 g/mol. The van der Waals surface area contributed by atoms with Gasteiger partial charge in [0.1, 0.15) is 11.6 Å². The zero-order valence-electron chi connectivity index (χ0n) is 14.3. The third-order valence-corrected chi connectivity index (χ3v) is 4.21. The zero-order chi connectivity index (χ0) is 17.7. The summed E-state index contributed by atoms with van der Waals surface area (Å²) in [5.41, 5.74) is 1.94. The van der Waals surface area contributed by atoms with Gasteiger partial charge < -0.3 is 15.3 Å². The van der Waals surface area contributed by atoms with E-state index in [1.165, 1.54) is 18.2 Å². The molecule has 0 bridgehead atoms. The lowest BCUT2D eigenvalue weighted by molar-refractivity contribution is 0.267. The lowest BCUT2D eigenvalue weighted by Gasteiger charge is -2.27. The second-order valence-corrected chi connectivity index (χ2v) is 6.15. The largest absolute Gasteiger partial charge is 0.392 e. The van der Waals surface area contributed by atoms with Crippen molar-refractivity contribution in [2.75, 3.05) is 20.6 Å². The third-order valence-electron chi connectivity index (χ3n) is 4.21. The predicted molar refractivity (Wildman–Crippen MR) is 91.6 cm³/mol. The van der Waals surface area contributed by atoms with Gasteiger partial charge in [-0.25, -0.2) is 8.78 Å². The van der Waals surface area contributed by atoms with Crippen LogP contribution in [-0.2, 0) is 6.61 Å². The van der Waals surface area contributed by atoms with Crippen LogP contribution in [0.4, 0.5) is 8.78 Å². The molecule has 2 unspecified atom stereocenters. The molecule has 2 rings (SSSR count). The Bertz CT molecular complexity index is 656. The highest BCUT2D eigenvalue weighted by Gasteiger charge is 2.22. The molecule has 0 saturated heterocycles. The summed E-state index contributed by atoms with van der Waals surface area (Å²) in [6, 6.07) is 11.1. The topological polar surface area (TPSA) is 35.5 Å². The van der Waals surface area contributed by atoms with E-state index < -0.39 is 17.7 Å². The van der Waals surface area contributed by atoms with Crippen LogP contribution in [0.15, 0.2) is 42.5 Å². The maximum Gasteiger partial charge on any atom is 0.130 e. The number of hydrogen-bond acceptors (Lipinski definition) is 3. The molecule has 2 atom stereocenters. The molecule has 2 N–H and O–H groups in total. The molecule has 0 spiro atoms. The first-order valence-electron chi connectivity index (χ1n) is 7.97. The van der Waals surface area contributed by atoms with Crippen LogP contribution in [0.5, 0.6) is 0 Å². The molecule has 0 saturated carbocycles. The molecule has 0 fully saturated rings. The molecule has 2 aromatic rings. The van der Waals surface area contributed by atoms with Crippen LogP contribution < -0.4 is 5.32 Å². The van der Waals surface area contributed by atoms with Crippen molar-refractivity contribution < 1.29 is 13.9 Å². The van der Waals surface area contributed by atoms with Crippen LogP contribution in [0.3, 0.4) is 0 Å². The summed E-state index contributed by atoms with van der Waals surface area (Å²) in [4.78, 5) is 1.80. The fraction of sp³-hybridized carbons (Fsp3) is 0.368. The van der Waals surface area contributed by atoms with E-state index in [1.54, 1.807) is 19.0 Å². The molecule has 24 heavy (non-hydrogen) atoms. The van der Waals surface area contributed by atoms with Gasteiger partial charge in [0, 0.05) is 18.2 Å². The molecule has 0 heterocycles. The molecule has 0 aliphatic heterocycles. The van der Waals surface area contributed by atoms with Gasteiger partial charge in [-0.2, -0.15) is 0 Å². The second kappa shape index (κ2) is 8.33. The first-order chi connectivity index (χ1) is 11.4. The van der Waals surface area contributed by atoms with E-state index in [0.717, 1.165) is 11.1 Å². The minimum Gasteiger partial charge on any atom is -0.392 e. The summed E-state index contributed by atoms with van der Waals surface area (Å²) in [6.07, 6.45) is 0. The number of nitrogens with zero attached hydrogens (tertiary/aromatic N) is 1. The number of aliphatic hydroxyl groups is 1. The molecule has 0 amide bonds. The van der Waals surface area contributed by atoms with Gasteiger partial charge in [0.15, 0.2) is 0 Å². The van der Waals surface area contributed by atoms with E-state index in [-0.39, 0.29) is 18.2 Å². The number of likely N-dealkylation sites (N-methyl/N-ethyl adjacent to an activating group) is 1. The first-order valence-corrected chi connectivity index (χ1v) is 7.97. The molecular formula is C19H24F2N2O. The van der Waals surface area contributed by atoms with Gasteiger partial charge in [-0.15, -0.1) is 0 Å². The highest BCUT2D eigenvalue weighted by Crippen LogP contribution is 2.25. The maximum absolute atomic E-state index is 14.1. The average molecular weight is 334 g/mol. The summed E-state index contributed by atoms with van der Waals surface area (Å²) in [5.74, 6) is -1.07. The predicted octanol–water partition coefficient (Wildman–Crippen LogP) is 3.41. The van der Waals surface area contributed by atoms with Crippen molar-refractivity contribution in [2.45, 2.75) is 25.6 Å². The molecule has 0 aliphatic carbocycles. The number of halogens is 2. The lowest BCUT2D eigenvalue weighted by atomic mass is 10.0. The summed E-state index contributed by atoms with van der Waals surface area (Å²) >= 11 is 0. The Kier molecular flexibility index (Phi) is 6.43. The average Bonchev–Trinajstić information content (AvgIpc) is 2.56. The number of rotatable bonds is 7. The maximum atomic E-state index is 14.1. The number of hydrogen-bond donors (Lipinski definition) is 2. The minimum atomic E-state index is -0.537. The van der Waals surface area contributed by atoms with Gasteiger partial charge >= 0.3 is 0 Å². The summed E-state index contributed by atoms with van der Waals surface area (Å²) in [5, 5.41) is 12.6. The van der Waals surface area contributed by atoms with Gasteiger partial charge in [-0.3, -0.25) is 0 Å². The Morgan fingerprint density at radius 1 is 1.08 bits per heavy atom. The van der Waals surface area contributed by atoms with Crippen LogP contribution in [0.2, 0.25) is 0 Å². The molecule has 2 aromatic carbocycles. The third kappa shape index (κ3) is 4.38. The zero-order valence-corrected chi connectivity index (χ0v) is 14.3. The normalized spacial score (nSPS) is 14.0. The second-order valence-electron chi connectivity index (χ2n) is 6.15. The first kappa shape index (κ1) is 18.5. The van der Waals surface area contributed by atoms with Crippen molar-refractivity contribution in [3.05, 3.63) is 70.8 Å². The van der Waals surface area contributed by atoms with Gasteiger partial charge in [0.05, 0.1) is 12.6 Å². The van der Waals surface area contributed by atoms with Gasteiger partial charge in [-0.1, -0.05) is 30.3 Å². The minimum absolute atomic E-state index is 0.00575. The number of nitrogens with one attached hydrogen (secondary N) is 1. The van der Waals surface area contributed by atoms with Gasteiger partial charge in [-0.05, 0) is 44.3 Å². The fourth-order valence-electron chi connectivity index (χ4n) is 2.74. The molecule has 0 radical (unpaired) electrons. The fourth-order valence-corrected chi connectivity index (χ4v) is 2.74. The molecule has 0 aromatic heterocycles. The van der Waals surface area contributed by atoms with E-state index >= 15 is 0 Å². The van der Waals surface area contributed by atoms with E-state index in [0.29, 0.717) is 6.54 Å². The highest BCUT2D eigenvalue weighted by atomic mass is 19.1. The van der Waals surface area contributed by atoms with Crippen LogP contribution in [0, 0.1) is 11.6 Å². The van der Waals surface area contributed by atoms with Crippen molar-refractivity contribution in [3.63, 3.8) is 0 Å². The van der Waals surface area contributed by atoms with Crippen molar-refractivity contribution in [1.29, 1.82) is 0 Å². The smallest absolute Gasteiger partial charge is 0.130 e. The summed E-state index contributed by atoms with van der Waals surface area (Å²) in [6.45, 7) is 2.37. The Balaban J connectivity index is 2.14. The number of aliphatic hydroxyl groups excluding tert-OH is 1. The monoisotopic (exact) mass is 334 g/mol. The van der Waals surface area contributed by atoms with E-state index in [9.17, 15) is 13.9 Å². The van der Waals surface area contributed by atoms with Gasteiger partial charge in [0.25, 0.3) is 0 Å². The SMILES string of the molecule is CC(NCC(c1c(F)cccc1F)N(C)C)c1cccc(CO)c1. The van der Waals surface area contributed by atoms with E-state index in [2.05, 4.69) is 5.32 Å². The molecule has 0 aliphatic rings. The van der Waals surface area contributed by atoms with Crippen molar-refractivity contribution in [3.8, 4) is 0 Å². The molecule has 3 nitrogen and oxygen atoms in total. The van der Waals surface area contributed by atoms with Crippen molar-refractivity contribution in [2.24, 2.45) is 0 Å². The Morgan fingerprint density at radius 2 is 1.71 bits per heavy atom. The highest BCUT2D eigenvalue weighted by molar-refractivity contribution is 5.26. The summed E-state index contributed by atoms with van der Waals surface area (Å²) in [7, 11) is 3.60. The Morgan fingerprint density at radius 3 is 2.29 bits per heavy atom. The van der Waals surface area contributed by atoms with Crippen LogP contribution in [-0.4, -0.2) is 30.6 Å². The van der Waals surface area contributed by atoms with Crippen molar-refractivity contribution >= 4 is 0 Å². The Hall–Kier alpha value is -1.82. The van der Waals surface area contributed by atoms with Crippen LogP contribution >= 0.6 is 0 Å². The van der Waals surface area contributed by atoms with E-state index in [1.807, 2.05) is 31.2 Å². The standard InChI is InChI=1S/C19H24F2N2O/c1-13(15-7-4-6-14(10-15)12-24)22-11-18(23(2)3)19-16(20)8-5-9-17(19)21/h4-10,13,18,22,24H,11-12H2,1-3H3. The van der Waals surface area contributed by atoms with E-state index in [4.69, 9.17) is 0 Å². The van der Waals surface area contributed by atoms with Crippen LogP contribution in [0.1, 0.15) is 35.7 Å². The molecule has 130 valence electrons. The quantitative estimate of drug-likeness (QED) is 0.814. The molecule has 5 heteroatoms.